The molecule has 0 atom stereocenters. The molecule has 1 aromatic carbocycles. The molecule has 0 N–H and O–H groups in total. The molecule has 0 saturated heterocycles. The van der Waals surface area contributed by atoms with Gasteiger partial charge in [0.05, 0.1) is 10.6 Å². The van der Waals surface area contributed by atoms with Gasteiger partial charge in [-0.3, -0.25) is 0 Å². The maximum atomic E-state index is 11.1. The van der Waals surface area contributed by atoms with Gasteiger partial charge in [0.15, 0.2) is 0 Å². The molecule has 0 unspecified atom stereocenters. The molecule has 6 heteroatoms. The molecule has 0 aliphatic heterocycles. The number of rotatable bonds is 2. The summed E-state index contributed by atoms with van der Waals surface area (Å²) in [5.41, 5.74) is 8.04. The minimum absolute atomic E-state index is 0.163. The van der Waals surface area contributed by atoms with E-state index < -0.39 is 5.97 Å². The van der Waals surface area contributed by atoms with Crippen LogP contribution in [0.15, 0.2) is 29.5 Å². The molecule has 0 heterocycles. The van der Waals surface area contributed by atoms with Gasteiger partial charge in [-0.1, -0.05) is 23.7 Å². The third-order valence-electron chi connectivity index (χ3n) is 1.25. The minimum atomic E-state index is -0.775. The van der Waals surface area contributed by atoms with Gasteiger partial charge in [-0.2, -0.15) is 0 Å². The predicted molar refractivity (Wildman–Crippen MR) is 46.0 cm³/mol. The van der Waals surface area contributed by atoms with Gasteiger partial charge in [-0.25, -0.2) is 4.79 Å². The lowest BCUT2D eigenvalue weighted by molar-refractivity contribution is 0.0506. The third kappa shape index (κ3) is 2.37. The summed E-state index contributed by atoms with van der Waals surface area (Å²) >= 11 is 5.66. The van der Waals surface area contributed by atoms with Gasteiger partial charge in [0.1, 0.15) is 5.28 Å². The first-order chi connectivity index (χ1) is 6.25. The maximum absolute atomic E-state index is 11.1. The number of benzene rings is 1. The Kier molecular flexibility index (Phi) is 3.14. The lowest BCUT2D eigenvalue weighted by atomic mass is 10.2. The van der Waals surface area contributed by atoms with Crippen LogP contribution in [0.2, 0.25) is 5.02 Å². The monoisotopic (exact) mass is 197 g/mol. The van der Waals surface area contributed by atoms with Gasteiger partial charge in [-0.05, 0) is 17.7 Å². The summed E-state index contributed by atoms with van der Waals surface area (Å²) < 4.78 is 0. The normalized spacial score (nSPS) is 8.69. The summed E-state index contributed by atoms with van der Waals surface area (Å²) in [6, 6.07) is 6.30. The second-order valence-corrected chi connectivity index (χ2v) is 2.44. The van der Waals surface area contributed by atoms with Crippen LogP contribution in [0.4, 0.5) is 0 Å². The van der Waals surface area contributed by atoms with Crippen LogP contribution >= 0.6 is 11.6 Å². The largest absolute Gasteiger partial charge is 0.355 e. The van der Waals surface area contributed by atoms with Crippen LogP contribution in [0.25, 0.3) is 10.4 Å². The SMILES string of the molecule is [N-]=[N+]=NOC(=O)c1ccccc1Cl. The van der Waals surface area contributed by atoms with Crippen molar-refractivity contribution in [3.05, 3.63) is 45.3 Å². The van der Waals surface area contributed by atoms with Crippen molar-refractivity contribution >= 4 is 17.6 Å². The highest BCUT2D eigenvalue weighted by atomic mass is 35.5. The number of nitrogens with zero attached hydrogens (tertiary/aromatic N) is 3. The molecule has 1 rings (SSSR count). The molecule has 0 aliphatic carbocycles. The molecule has 0 radical (unpaired) electrons. The fourth-order valence-corrected chi connectivity index (χ4v) is 0.944. The summed E-state index contributed by atoms with van der Waals surface area (Å²) in [6.07, 6.45) is 0. The maximum Gasteiger partial charge on any atom is 0.351 e. The van der Waals surface area contributed by atoms with Crippen molar-refractivity contribution in [3.8, 4) is 0 Å². The molecule has 0 bridgehead atoms. The Hall–Kier alpha value is -1.71. The zero-order chi connectivity index (χ0) is 9.68. The van der Waals surface area contributed by atoms with E-state index in [0.717, 1.165) is 0 Å². The van der Waals surface area contributed by atoms with E-state index in [9.17, 15) is 4.79 Å². The van der Waals surface area contributed by atoms with E-state index >= 15 is 0 Å². The lowest BCUT2D eigenvalue weighted by Gasteiger charge is -1.98. The number of hydrogen-bond acceptors (Lipinski definition) is 3. The highest BCUT2D eigenvalue weighted by Crippen LogP contribution is 2.15. The highest BCUT2D eigenvalue weighted by Gasteiger charge is 2.09. The van der Waals surface area contributed by atoms with Crippen molar-refractivity contribution < 1.29 is 9.63 Å². The van der Waals surface area contributed by atoms with Crippen LogP contribution in [-0.2, 0) is 4.84 Å². The molecule has 0 aliphatic rings. The van der Waals surface area contributed by atoms with Crippen molar-refractivity contribution in [2.45, 2.75) is 0 Å². The van der Waals surface area contributed by atoms with Gasteiger partial charge in [0.2, 0.25) is 0 Å². The van der Waals surface area contributed by atoms with Gasteiger partial charge in [-0.15, -0.1) is 0 Å². The van der Waals surface area contributed by atoms with Crippen molar-refractivity contribution in [3.63, 3.8) is 0 Å². The van der Waals surface area contributed by atoms with Gasteiger partial charge in [0, 0.05) is 4.91 Å². The van der Waals surface area contributed by atoms with Crippen LogP contribution in [0.3, 0.4) is 0 Å². The zero-order valence-corrected chi connectivity index (χ0v) is 7.10. The number of hydrogen-bond donors (Lipinski definition) is 0. The second kappa shape index (κ2) is 4.35. The molecule has 0 spiro atoms. The number of azide groups is 1. The quantitative estimate of drug-likeness (QED) is 0.316. The minimum Gasteiger partial charge on any atom is -0.355 e. The smallest absolute Gasteiger partial charge is 0.351 e. The average Bonchev–Trinajstić information content (AvgIpc) is 2.15. The van der Waals surface area contributed by atoms with E-state index in [0.29, 0.717) is 0 Å². The standard InChI is InChI=1S/C7H4ClN3O2/c8-6-4-2-1-3-5(6)7(12)13-11-10-9/h1-4H. The van der Waals surface area contributed by atoms with Crippen molar-refractivity contribution in [2.75, 3.05) is 0 Å². The molecule has 0 fully saturated rings. The second-order valence-electron chi connectivity index (χ2n) is 2.03. The Bertz CT molecular complexity index is 374. The van der Waals surface area contributed by atoms with Crippen LogP contribution in [-0.4, -0.2) is 5.97 Å². The Labute approximate surface area is 78.5 Å². The van der Waals surface area contributed by atoms with E-state index in [1.807, 2.05) is 0 Å². The van der Waals surface area contributed by atoms with E-state index in [-0.39, 0.29) is 10.6 Å². The molecule has 13 heavy (non-hydrogen) atoms. The van der Waals surface area contributed by atoms with Gasteiger partial charge >= 0.3 is 5.97 Å². The summed E-state index contributed by atoms with van der Waals surface area (Å²) in [4.78, 5) is 17.5. The van der Waals surface area contributed by atoms with Crippen molar-refractivity contribution in [2.24, 2.45) is 5.28 Å². The first-order valence-corrected chi connectivity index (χ1v) is 3.64. The van der Waals surface area contributed by atoms with E-state index in [4.69, 9.17) is 17.1 Å². The zero-order valence-electron chi connectivity index (χ0n) is 6.35. The lowest BCUT2D eigenvalue weighted by Crippen LogP contribution is -2.00. The number of carbonyl (C=O) groups is 1. The van der Waals surface area contributed by atoms with E-state index in [1.54, 1.807) is 12.1 Å². The first kappa shape index (κ1) is 9.38. The molecule has 66 valence electrons. The molecule has 0 aromatic heterocycles. The first-order valence-electron chi connectivity index (χ1n) is 3.26. The van der Waals surface area contributed by atoms with Crippen molar-refractivity contribution in [1.82, 2.24) is 0 Å². The van der Waals surface area contributed by atoms with Crippen LogP contribution in [0.1, 0.15) is 10.4 Å². The number of halogens is 1. The fraction of sp³-hybridized carbons (Fsp3) is 0. The Morgan fingerprint density at radius 1 is 1.54 bits per heavy atom. The number of carbonyl (C=O) groups excluding carboxylic acids is 1. The summed E-state index contributed by atoms with van der Waals surface area (Å²) in [6.45, 7) is 0. The predicted octanol–water partition coefficient (Wildman–Crippen LogP) is 2.72. The van der Waals surface area contributed by atoms with Gasteiger partial charge < -0.3 is 4.84 Å². The van der Waals surface area contributed by atoms with Crippen LogP contribution < -0.4 is 0 Å². The van der Waals surface area contributed by atoms with Crippen LogP contribution in [0.5, 0.6) is 0 Å². The summed E-state index contributed by atoms with van der Waals surface area (Å²) in [5, 5.41) is 2.91. The highest BCUT2D eigenvalue weighted by molar-refractivity contribution is 6.33. The van der Waals surface area contributed by atoms with Gasteiger partial charge in [0.25, 0.3) is 0 Å². The fourth-order valence-electron chi connectivity index (χ4n) is 0.731. The molecular weight excluding hydrogens is 194 g/mol. The Morgan fingerprint density at radius 2 is 2.23 bits per heavy atom. The van der Waals surface area contributed by atoms with Crippen LogP contribution in [0, 0.1) is 0 Å². The Balaban J connectivity index is 2.88. The molecule has 0 saturated carbocycles. The average molecular weight is 198 g/mol. The molecule has 5 nitrogen and oxygen atoms in total. The molecular formula is C7H4ClN3O2. The summed E-state index contributed by atoms with van der Waals surface area (Å²) in [7, 11) is 0. The molecule has 1 aromatic rings. The summed E-state index contributed by atoms with van der Waals surface area (Å²) in [5.74, 6) is -0.775. The van der Waals surface area contributed by atoms with E-state index in [1.165, 1.54) is 12.1 Å². The Morgan fingerprint density at radius 3 is 2.85 bits per heavy atom. The molecule has 0 amide bonds. The van der Waals surface area contributed by atoms with E-state index in [2.05, 4.69) is 15.0 Å². The topological polar surface area (TPSA) is 75.1 Å². The van der Waals surface area contributed by atoms with Crippen molar-refractivity contribution in [1.29, 1.82) is 0 Å². The third-order valence-corrected chi connectivity index (χ3v) is 1.58.